The number of hydrogen-bond acceptors (Lipinski definition) is 5. The molecule has 168 valence electrons. The van der Waals surface area contributed by atoms with Crippen LogP contribution in [0.2, 0.25) is 0 Å². The Labute approximate surface area is 183 Å². The van der Waals surface area contributed by atoms with Gasteiger partial charge in [-0.15, -0.1) is 0 Å². The molecule has 2 N–H and O–H groups in total. The Balaban J connectivity index is 1.42. The molecule has 4 rings (SSSR count). The molecule has 3 aliphatic rings. The lowest BCUT2D eigenvalue weighted by atomic mass is 10.0. The van der Waals surface area contributed by atoms with Crippen LogP contribution in [0.1, 0.15) is 24.0 Å². The van der Waals surface area contributed by atoms with Crippen LogP contribution in [-0.4, -0.2) is 96.9 Å². The summed E-state index contributed by atoms with van der Waals surface area (Å²) >= 11 is 0. The number of carbonyl (C=O) groups is 3. The average molecular weight is 428 g/mol. The van der Waals surface area contributed by atoms with Gasteiger partial charge in [0.05, 0.1) is 6.04 Å². The standard InChI is InChI=1S/C23H33N5O3/c1-17-2-4-18(5-3-17)16-20(23(31)27-10-8-24-9-11-27)26-12-14-28(15-13-26)22(30)19-6-7-21(29)25-19/h2-5,19-20,24H,6-16H2,1H3,(H,25,29). The molecule has 3 amide bonds. The van der Waals surface area contributed by atoms with Crippen molar-refractivity contribution < 1.29 is 14.4 Å². The normalized spacial score (nSPS) is 23.5. The molecule has 2 unspecified atom stereocenters. The van der Waals surface area contributed by atoms with Crippen LogP contribution in [0.4, 0.5) is 0 Å². The Hall–Kier alpha value is -2.45. The highest BCUT2D eigenvalue weighted by atomic mass is 16.2. The van der Waals surface area contributed by atoms with Gasteiger partial charge < -0.3 is 20.4 Å². The average Bonchev–Trinajstić information content (AvgIpc) is 3.25. The van der Waals surface area contributed by atoms with E-state index in [9.17, 15) is 14.4 Å². The molecule has 0 aliphatic carbocycles. The van der Waals surface area contributed by atoms with Gasteiger partial charge in [0.25, 0.3) is 0 Å². The molecule has 0 spiro atoms. The Morgan fingerprint density at radius 2 is 1.68 bits per heavy atom. The van der Waals surface area contributed by atoms with Crippen LogP contribution in [0, 0.1) is 6.92 Å². The topological polar surface area (TPSA) is 85.0 Å². The molecule has 0 bridgehead atoms. The number of piperazine rings is 2. The number of benzene rings is 1. The van der Waals surface area contributed by atoms with E-state index < -0.39 is 0 Å². The Morgan fingerprint density at radius 1 is 1.00 bits per heavy atom. The Bertz CT molecular complexity index is 798. The second kappa shape index (κ2) is 9.78. The van der Waals surface area contributed by atoms with E-state index >= 15 is 0 Å². The van der Waals surface area contributed by atoms with Crippen molar-refractivity contribution in [3.8, 4) is 0 Å². The first-order valence-electron chi connectivity index (χ1n) is 11.4. The van der Waals surface area contributed by atoms with Gasteiger partial charge in [0.2, 0.25) is 17.7 Å². The van der Waals surface area contributed by atoms with Crippen LogP contribution in [0.25, 0.3) is 0 Å². The molecule has 3 fully saturated rings. The number of amides is 3. The van der Waals surface area contributed by atoms with E-state index in [0.717, 1.165) is 31.7 Å². The van der Waals surface area contributed by atoms with Crippen LogP contribution in [-0.2, 0) is 20.8 Å². The van der Waals surface area contributed by atoms with Gasteiger partial charge in [-0.3, -0.25) is 19.3 Å². The molecule has 1 aromatic carbocycles. The second-order valence-electron chi connectivity index (χ2n) is 8.80. The molecule has 0 saturated carbocycles. The van der Waals surface area contributed by atoms with Crippen molar-refractivity contribution in [1.29, 1.82) is 0 Å². The largest absolute Gasteiger partial charge is 0.344 e. The quantitative estimate of drug-likeness (QED) is 0.678. The van der Waals surface area contributed by atoms with Gasteiger partial charge in [-0.1, -0.05) is 29.8 Å². The van der Waals surface area contributed by atoms with E-state index in [-0.39, 0.29) is 29.8 Å². The van der Waals surface area contributed by atoms with Gasteiger partial charge in [-0.2, -0.15) is 0 Å². The molecule has 3 saturated heterocycles. The number of rotatable bonds is 5. The molecule has 0 aromatic heterocycles. The van der Waals surface area contributed by atoms with Crippen LogP contribution in [0.3, 0.4) is 0 Å². The number of nitrogens with one attached hydrogen (secondary N) is 2. The minimum absolute atomic E-state index is 0.00835. The lowest BCUT2D eigenvalue weighted by Crippen LogP contribution is -2.60. The highest BCUT2D eigenvalue weighted by Gasteiger charge is 2.36. The fraction of sp³-hybridized carbons (Fsp3) is 0.609. The zero-order valence-corrected chi connectivity index (χ0v) is 18.3. The lowest BCUT2D eigenvalue weighted by molar-refractivity contribution is -0.140. The van der Waals surface area contributed by atoms with E-state index in [1.807, 2.05) is 9.80 Å². The third kappa shape index (κ3) is 5.25. The molecular weight excluding hydrogens is 394 g/mol. The highest BCUT2D eigenvalue weighted by Crippen LogP contribution is 2.18. The summed E-state index contributed by atoms with van der Waals surface area (Å²) in [6, 6.07) is 7.79. The van der Waals surface area contributed by atoms with Gasteiger partial charge in [-0.25, -0.2) is 0 Å². The van der Waals surface area contributed by atoms with Crippen molar-refractivity contribution in [2.45, 2.75) is 38.3 Å². The fourth-order valence-corrected chi connectivity index (χ4v) is 4.69. The summed E-state index contributed by atoms with van der Waals surface area (Å²) in [5.41, 5.74) is 2.37. The first-order valence-corrected chi connectivity index (χ1v) is 11.4. The predicted octanol–water partition coefficient (Wildman–Crippen LogP) is -0.239. The maximum Gasteiger partial charge on any atom is 0.245 e. The SMILES string of the molecule is Cc1ccc(CC(C(=O)N2CCNCC2)N2CCN(C(=O)C3CCC(=O)N3)CC2)cc1. The number of hydrogen-bond donors (Lipinski definition) is 2. The summed E-state index contributed by atoms with van der Waals surface area (Å²) in [4.78, 5) is 43.7. The summed E-state index contributed by atoms with van der Waals surface area (Å²) in [6.07, 6.45) is 1.68. The molecule has 1 aromatic rings. The monoisotopic (exact) mass is 427 g/mol. The number of carbonyl (C=O) groups excluding carboxylic acids is 3. The van der Waals surface area contributed by atoms with E-state index in [2.05, 4.69) is 46.7 Å². The third-order valence-electron chi connectivity index (χ3n) is 6.62. The van der Waals surface area contributed by atoms with Crippen molar-refractivity contribution in [1.82, 2.24) is 25.3 Å². The highest BCUT2D eigenvalue weighted by molar-refractivity contribution is 5.91. The minimum atomic E-state index is -0.384. The second-order valence-corrected chi connectivity index (χ2v) is 8.80. The van der Waals surface area contributed by atoms with Crippen LogP contribution in [0.5, 0.6) is 0 Å². The summed E-state index contributed by atoms with van der Waals surface area (Å²) in [7, 11) is 0. The van der Waals surface area contributed by atoms with Crippen molar-refractivity contribution >= 4 is 17.7 Å². The van der Waals surface area contributed by atoms with Gasteiger partial charge in [0, 0.05) is 58.8 Å². The fourth-order valence-electron chi connectivity index (χ4n) is 4.69. The van der Waals surface area contributed by atoms with Gasteiger partial charge in [0.15, 0.2) is 0 Å². The minimum Gasteiger partial charge on any atom is -0.344 e. The molecule has 0 radical (unpaired) electrons. The number of nitrogens with zero attached hydrogens (tertiary/aromatic N) is 3. The molecule has 8 nitrogen and oxygen atoms in total. The Kier molecular flexibility index (Phi) is 6.87. The smallest absolute Gasteiger partial charge is 0.245 e. The maximum absolute atomic E-state index is 13.5. The molecule has 2 atom stereocenters. The van der Waals surface area contributed by atoms with E-state index in [1.54, 1.807) is 0 Å². The van der Waals surface area contributed by atoms with E-state index in [1.165, 1.54) is 5.56 Å². The van der Waals surface area contributed by atoms with E-state index in [0.29, 0.717) is 45.4 Å². The molecule has 3 heterocycles. The predicted molar refractivity (Wildman–Crippen MR) is 117 cm³/mol. The molecule has 31 heavy (non-hydrogen) atoms. The van der Waals surface area contributed by atoms with Crippen molar-refractivity contribution in [2.24, 2.45) is 0 Å². The molecule has 8 heteroatoms. The van der Waals surface area contributed by atoms with E-state index in [4.69, 9.17) is 0 Å². The summed E-state index contributed by atoms with van der Waals surface area (Å²) in [6.45, 7) is 7.72. The lowest BCUT2D eigenvalue weighted by Gasteiger charge is -2.41. The molecule has 3 aliphatic heterocycles. The first kappa shape index (κ1) is 21.8. The van der Waals surface area contributed by atoms with Crippen LogP contribution >= 0.6 is 0 Å². The third-order valence-corrected chi connectivity index (χ3v) is 6.62. The number of aryl methyl sites for hydroxylation is 1. The summed E-state index contributed by atoms with van der Waals surface area (Å²) in [5.74, 6) is 0.149. The van der Waals surface area contributed by atoms with Crippen molar-refractivity contribution in [3.05, 3.63) is 35.4 Å². The molecular formula is C23H33N5O3. The summed E-state index contributed by atoms with van der Waals surface area (Å²) < 4.78 is 0. The van der Waals surface area contributed by atoms with Gasteiger partial charge in [0.1, 0.15) is 6.04 Å². The first-order chi connectivity index (χ1) is 15.0. The Morgan fingerprint density at radius 3 is 2.29 bits per heavy atom. The van der Waals surface area contributed by atoms with Gasteiger partial charge >= 0.3 is 0 Å². The summed E-state index contributed by atoms with van der Waals surface area (Å²) in [5, 5.41) is 6.08. The van der Waals surface area contributed by atoms with Gasteiger partial charge in [-0.05, 0) is 25.3 Å². The van der Waals surface area contributed by atoms with Crippen molar-refractivity contribution in [3.63, 3.8) is 0 Å². The van der Waals surface area contributed by atoms with Crippen molar-refractivity contribution in [2.75, 3.05) is 52.4 Å². The van der Waals surface area contributed by atoms with Crippen LogP contribution in [0.15, 0.2) is 24.3 Å². The van der Waals surface area contributed by atoms with Crippen LogP contribution < -0.4 is 10.6 Å². The zero-order chi connectivity index (χ0) is 21.8. The maximum atomic E-state index is 13.5. The zero-order valence-electron chi connectivity index (χ0n) is 18.3.